The summed E-state index contributed by atoms with van der Waals surface area (Å²) in [6, 6.07) is 8.54. The van der Waals surface area contributed by atoms with Gasteiger partial charge in [0.1, 0.15) is 6.07 Å². The zero-order chi connectivity index (χ0) is 12.1. The molecule has 90 valence electrons. The minimum atomic E-state index is 0.464. The second-order valence-electron chi connectivity index (χ2n) is 4.30. The van der Waals surface area contributed by atoms with Crippen molar-refractivity contribution in [3.05, 3.63) is 28.2 Å². The summed E-state index contributed by atoms with van der Waals surface area (Å²) in [5.74, 6) is 0. The van der Waals surface area contributed by atoms with Crippen molar-refractivity contribution in [3.63, 3.8) is 0 Å². The molecule has 2 N–H and O–H groups in total. The van der Waals surface area contributed by atoms with Gasteiger partial charge < -0.3 is 10.6 Å². The number of nitrogens with one attached hydrogen (secondary N) is 2. The number of anilines is 1. The number of benzene rings is 1. The van der Waals surface area contributed by atoms with E-state index in [-0.39, 0.29) is 0 Å². The van der Waals surface area contributed by atoms with Crippen LogP contribution in [0.15, 0.2) is 22.7 Å². The van der Waals surface area contributed by atoms with Crippen LogP contribution in [-0.2, 0) is 0 Å². The van der Waals surface area contributed by atoms with E-state index in [2.05, 4.69) is 32.6 Å². The first-order valence-electron chi connectivity index (χ1n) is 5.97. The average molecular weight is 294 g/mol. The summed E-state index contributed by atoms with van der Waals surface area (Å²) in [4.78, 5) is 0. The van der Waals surface area contributed by atoms with Gasteiger partial charge in [-0.3, -0.25) is 0 Å². The maximum atomic E-state index is 9.15. The average Bonchev–Trinajstić information content (AvgIpc) is 2.58. The number of rotatable bonds is 2. The molecule has 3 nitrogen and oxygen atoms in total. The molecule has 0 radical (unpaired) electrons. The summed E-state index contributed by atoms with van der Waals surface area (Å²) in [6.45, 7) is 2.15. The Kier molecular flexibility index (Phi) is 4.41. The fourth-order valence-corrected chi connectivity index (χ4v) is 2.60. The predicted octanol–water partition coefficient (Wildman–Crippen LogP) is 2.87. The summed E-state index contributed by atoms with van der Waals surface area (Å²) >= 11 is 3.41. The molecule has 0 saturated carbocycles. The summed E-state index contributed by atoms with van der Waals surface area (Å²) < 4.78 is 0.858. The van der Waals surface area contributed by atoms with Crippen LogP contribution in [-0.4, -0.2) is 19.1 Å². The number of nitriles is 1. The third-order valence-electron chi connectivity index (χ3n) is 3.06. The Labute approximate surface area is 110 Å². The third kappa shape index (κ3) is 3.21. The fourth-order valence-electron chi connectivity index (χ4n) is 2.14. The van der Waals surface area contributed by atoms with Crippen molar-refractivity contribution in [2.45, 2.75) is 25.3 Å². The molecule has 1 aliphatic rings. The molecule has 0 aromatic heterocycles. The van der Waals surface area contributed by atoms with Crippen LogP contribution in [0.4, 0.5) is 5.69 Å². The number of halogens is 1. The maximum Gasteiger partial charge on any atom is 0.103 e. The van der Waals surface area contributed by atoms with Gasteiger partial charge in [0.15, 0.2) is 0 Å². The molecule has 1 saturated heterocycles. The number of nitrogens with zero attached hydrogens (tertiary/aromatic N) is 1. The van der Waals surface area contributed by atoms with Crippen LogP contribution in [0.1, 0.15) is 24.8 Å². The highest BCUT2D eigenvalue weighted by molar-refractivity contribution is 9.10. The van der Waals surface area contributed by atoms with E-state index in [1.54, 1.807) is 0 Å². The van der Waals surface area contributed by atoms with Gasteiger partial charge in [0.2, 0.25) is 0 Å². The highest BCUT2D eigenvalue weighted by Crippen LogP contribution is 2.25. The van der Waals surface area contributed by atoms with Gasteiger partial charge in [-0.25, -0.2) is 0 Å². The Morgan fingerprint density at radius 3 is 3.06 bits per heavy atom. The van der Waals surface area contributed by atoms with Crippen molar-refractivity contribution in [2.24, 2.45) is 0 Å². The first kappa shape index (κ1) is 12.4. The van der Waals surface area contributed by atoms with Gasteiger partial charge in [-0.15, -0.1) is 0 Å². The second-order valence-corrected chi connectivity index (χ2v) is 5.15. The molecule has 0 spiro atoms. The van der Waals surface area contributed by atoms with E-state index >= 15 is 0 Å². The molecule has 17 heavy (non-hydrogen) atoms. The van der Waals surface area contributed by atoms with E-state index in [1.165, 1.54) is 6.42 Å². The van der Waals surface area contributed by atoms with Gasteiger partial charge in [-0.05, 0) is 60.4 Å². The van der Waals surface area contributed by atoms with Crippen molar-refractivity contribution in [1.82, 2.24) is 5.32 Å². The largest absolute Gasteiger partial charge is 0.381 e. The molecule has 1 atom stereocenters. The molecule has 1 fully saturated rings. The molecule has 0 bridgehead atoms. The van der Waals surface area contributed by atoms with Crippen LogP contribution < -0.4 is 10.6 Å². The van der Waals surface area contributed by atoms with Crippen LogP contribution in [0.3, 0.4) is 0 Å². The summed E-state index contributed by atoms with van der Waals surface area (Å²) in [7, 11) is 0. The normalized spacial score (nSPS) is 20.4. The summed E-state index contributed by atoms with van der Waals surface area (Å²) in [5.41, 5.74) is 1.64. The summed E-state index contributed by atoms with van der Waals surface area (Å²) in [6.07, 6.45) is 3.45. The van der Waals surface area contributed by atoms with Crippen molar-refractivity contribution in [2.75, 3.05) is 18.4 Å². The second kappa shape index (κ2) is 6.04. The number of hydrogen-bond acceptors (Lipinski definition) is 3. The van der Waals surface area contributed by atoms with E-state index in [1.807, 2.05) is 18.2 Å². The lowest BCUT2D eigenvalue weighted by Gasteiger charge is -2.18. The molecule has 0 amide bonds. The van der Waals surface area contributed by atoms with E-state index in [0.717, 1.165) is 36.1 Å². The Morgan fingerprint density at radius 1 is 1.35 bits per heavy atom. The maximum absolute atomic E-state index is 9.15. The van der Waals surface area contributed by atoms with Gasteiger partial charge in [0.05, 0.1) is 11.3 Å². The lowest BCUT2D eigenvalue weighted by Crippen LogP contribution is -2.22. The van der Waals surface area contributed by atoms with Gasteiger partial charge in [-0.2, -0.15) is 5.26 Å². The van der Waals surface area contributed by atoms with Crippen LogP contribution in [0, 0.1) is 11.3 Å². The molecule has 1 aromatic rings. The molecule has 1 unspecified atom stereocenters. The zero-order valence-corrected chi connectivity index (χ0v) is 11.3. The standard InChI is InChI=1S/C13H16BrN3/c14-12-4-1-5-13(11(12)9-15)17-10-3-2-7-16-8-6-10/h1,4-5,10,16-17H,2-3,6-8H2. The molecule has 0 aliphatic carbocycles. The van der Waals surface area contributed by atoms with Crippen LogP contribution in [0.2, 0.25) is 0 Å². The first-order valence-corrected chi connectivity index (χ1v) is 6.76. The van der Waals surface area contributed by atoms with Gasteiger partial charge >= 0.3 is 0 Å². The van der Waals surface area contributed by atoms with E-state index < -0.39 is 0 Å². The van der Waals surface area contributed by atoms with Crippen molar-refractivity contribution in [3.8, 4) is 6.07 Å². The van der Waals surface area contributed by atoms with E-state index in [4.69, 9.17) is 5.26 Å². The van der Waals surface area contributed by atoms with E-state index in [0.29, 0.717) is 11.6 Å². The van der Waals surface area contributed by atoms with Crippen molar-refractivity contribution < 1.29 is 0 Å². The van der Waals surface area contributed by atoms with E-state index in [9.17, 15) is 0 Å². The van der Waals surface area contributed by atoms with Gasteiger partial charge in [-0.1, -0.05) is 6.07 Å². The fraction of sp³-hybridized carbons (Fsp3) is 0.462. The van der Waals surface area contributed by atoms with Crippen LogP contribution >= 0.6 is 15.9 Å². The minimum Gasteiger partial charge on any atom is -0.381 e. The van der Waals surface area contributed by atoms with Crippen molar-refractivity contribution >= 4 is 21.6 Å². The molecule has 1 aliphatic heterocycles. The van der Waals surface area contributed by atoms with Gasteiger partial charge in [0, 0.05) is 10.5 Å². The Hall–Kier alpha value is -1.05. The lowest BCUT2D eigenvalue weighted by molar-refractivity contribution is 0.637. The molecule has 2 rings (SSSR count). The summed E-state index contributed by atoms with van der Waals surface area (Å²) in [5, 5.41) is 16.0. The molecule has 1 heterocycles. The minimum absolute atomic E-state index is 0.464. The number of hydrogen-bond donors (Lipinski definition) is 2. The van der Waals surface area contributed by atoms with Crippen LogP contribution in [0.5, 0.6) is 0 Å². The quantitative estimate of drug-likeness (QED) is 0.881. The Bertz CT molecular complexity index is 417. The SMILES string of the molecule is N#Cc1c(Br)cccc1NC1CCCNCC1. The van der Waals surface area contributed by atoms with Gasteiger partial charge in [0.25, 0.3) is 0 Å². The molecular weight excluding hydrogens is 278 g/mol. The molecular formula is C13H16BrN3. The Balaban J connectivity index is 2.12. The molecule has 4 heteroatoms. The van der Waals surface area contributed by atoms with Crippen LogP contribution in [0.25, 0.3) is 0 Å². The zero-order valence-electron chi connectivity index (χ0n) is 9.67. The third-order valence-corrected chi connectivity index (χ3v) is 3.72. The highest BCUT2D eigenvalue weighted by atomic mass is 79.9. The topological polar surface area (TPSA) is 47.9 Å². The Morgan fingerprint density at radius 2 is 2.24 bits per heavy atom. The highest BCUT2D eigenvalue weighted by Gasteiger charge is 2.14. The predicted molar refractivity (Wildman–Crippen MR) is 73.0 cm³/mol. The lowest BCUT2D eigenvalue weighted by atomic mass is 10.1. The monoisotopic (exact) mass is 293 g/mol. The molecule has 1 aromatic carbocycles. The smallest absolute Gasteiger partial charge is 0.103 e. The van der Waals surface area contributed by atoms with Crippen molar-refractivity contribution in [1.29, 1.82) is 5.26 Å². The first-order chi connectivity index (χ1) is 8.31.